The zero-order chi connectivity index (χ0) is 15.4. The van der Waals surface area contributed by atoms with Gasteiger partial charge in [-0.2, -0.15) is 0 Å². The molecule has 1 aliphatic rings. The van der Waals surface area contributed by atoms with Gasteiger partial charge in [0.1, 0.15) is 0 Å². The molecule has 0 heterocycles. The van der Waals surface area contributed by atoms with Gasteiger partial charge in [-0.3, -0.25) is 9.59 Å². The molecule has 0 aliphatic heterocycles. The lowest BCUT2D eigenvalue weighted by Crippen LogP contribution is -2.31. The van der Waals surface area contributed by atoms with Gasteiger partial charge in [0.15, 0.2) is 0 Å². The van der Waals surface area contributed by atoms with E-state index in [1.165, 1.54) is 0 Å². The highest BCUT2D eigenvalue weighted by Crippen LogP contribution is 2.27. The lowest BCUT2D eigenvalue weighted by molar-refractivity contribution is -0.137. The molecule has 1 aromatic rings. The first kappa shape index (κ1) is 15.8. The number of aliphatic carboxylic acids is 1. The lowest BCUT2D eigenvalue weighted by atomic mass is 10.0. The van der Waals surface area contributed by atoms with Crippen LogP contribution in [0.2, 0.25) is 0 Å². The number of carboxylic acid groups (broad SMARTS) is 1. The smallest absolute Gasteiger partial charge is 0.305 e. The summed E-state index contributed by atoms with van der Waals surface area (Å²) in [5.41, 5.74) is 2.70. The van der Waals surface area contributed by atoms with Crippen molar-refractivity contribution in [3.8, 4) is 0 Å². The summed E-state index contributed by atoms with van der Waals surface area (Å²) >= 11 is 3.37. The first-order valence-corrected chi connectivity index (χ1v) is 7.73. The van der Waals surface area contributed by atoms with Gasteiger partial charge in [0.2, 0.25) is 5.91 Å². The Hall–Kier alpha value is -1.62. The minimum atomic E-state index is -0.933. The van der Waals surface area contributed by atoms with Crippen molar-refractivity contribution in [3.05, 3.63) is 45.4 Å². The third-order valence-corrected chi connectivity index (χ3v) is 4.20. The Kier molecular flexibility index (Phi) is 5.17. The first-order chi connectivity index (χ1) is 9.97. The van der Waals surface area contributed by atoms with Gasteiger partial charge in [0.05, 0.1) is 12.5 Å². The Balaban J connectivity index is 2.19. The van der Waals surface area contributed by atoms with Gasteiger partial charge in [-0.1, -0.05) is 33.6 Å². The molecule has 0 bridgehead atoms. The second-order valence-electron chi connectivity index (χ2n) is 5.29. The number of carbonyl (C=O) groups excluding carboxylic acids is 1. The van der Waals surface area contributed by atoms with E-state index in [1.54, 1.807) is 0 Å². The SMILES string of the molecule is CC1=C(C(=O)NC(CC(=O)O)c2cccc(Br)c2)CCC1. The Morgan fingerprint density at radius 3 is 2.71 bits per heavy atom. The van der Waals surface area contributed by atoms with Crippen molar-refractivity contribution < 1.29 is 14.7 Å². The van der Waals surface area contributed by atoms with Crippen molar-refractivity contribution in [2.24, 2.45) is 0 Å². The van der Waals surface area contributed by atoms with Gasteiger partial charge in [0, 0.05) is 10.0 Å². The third-order valence-electron chi connectivity index (χ3n) is 3.70. The number of allylic oxidation sites excluding steroid dienone is 1. The van der Waals surface area contributed by atoms with Crippen molar-refractivity contribution in [1.82, 2.24) is 5.32 Å². The minimum absolute atomic E-state index is 0.130. The van der Waals surface area contributed by atoms with Gasteiger partial charge in [0.25, 0.3) is 0 Å². The quantitative estimate of drug-likeness (QED) is 0.851. The normalized spacial score (nSPS) is 15.9. The zero-order valence-electron chi connectivity index (χ0n) is 11.9. The van der Waals surface area contributed by atoms with Crippen molar-refractivity contribution in [2.75, 3.05) is 0 Å². The maximum absolute atomic E-state index is 12.3. The zero-order valence-corrected chi connectivity index (χ0v) is 13.4. The summed E-state index contributed by atoms with van der Waals surface area (Å²) in [7, 11) is 0. The molecule has 0 saturated carbocycles. The maximum atomic E-state index is 12.3. The molecule has 4 nitrogen and oxygen atoms in total. The van der Waals surface area contributed by atoms with Crippen LogP contribution < -0.4 is 5.32 Å². The molecule has 0 aromatic heterocycles. The third kappa shape index (κ3) is 4.17. The van der Waals surface area contributed by atoms with Crippen LogP contribution in [-0.2, 0) is 9.59 Å². The molecule has 2 N–H and O–H groups in total. The molecule has 1 aliphatic carbocycles. The van der Waals surface area contributed by atoms with E-state index >= 15 is 0 Å². The summed E-state index contributed by atoms with van der Waals surface area (Å²) in [4.78, 5) is 23.4. The number of rotatable bonds is 5. The number of benzene rings is 1. The Labute approximate surface area is 132 Å². The lowest BCUT2D eigenvalue weighted by Gasteiger charge is -2.18. The predicted molar refractivity (Wildman–Crippen MR) is 83.8 cm³/mol. The number of hydrogen-bond donors (Lipinski definition) is 2. The van der Waals surface area contributed by atoms with Crippen molar-refractivity contribution in [1.29, 1.82) is 0 Å². The van der Waals surface area contributed by atoms with E-state index in [9.17, 15) is 9.59 Å². The van der Waals surface area contributed by atoms with Gasteiger partial charge in [-0.25, -0.2) is 0 Å². The Morgan fingerprint density at radius 2 is 2.14 bits per heavy atom. The van der Waals surface area contributed by atoms with Crippen LogP contribution in [0.4, 0.5) is 0 Å². The fourth-order valence-corrected chi connectivity index (χ4v) is 3.01. The minimum Gasteiger partial charge on any atom is -0.481 e. The average molecular weight is 352 g/mol. The van der Waals surface area contributed by atoms with Crippen LogP contribution in [0.5, 0.6) is 0 Å². The molecule has 1 aromatic carbocycles. The van der Waals surface area contributed by atoms with Crippen molar-refractivity contribution in [3.63, 3.8) is 0 Å². The fourth-order valence-electron chi connectivity index (χ4n) is 2.60. The van der Waals surface area contributed by atoms with E-state index in [2.05, 4.69) is 21.2 Å². The summed E-state index contributed by atoms with van der Waals surface area (Å²) in [5, 5.41) is 11.9. The first-order valence-electron chi connectivity index (χ1n) is 6.94. The molecule has 0 fully saturated rings. The standard InChI is InChI=1S/C16H18BrNO3/c1-10-4-2-7-13(10)16(21)18-14(9-15(19)20)11-5-3-6-12(17)8-11/h3,5-6,8,14H,2,4,7,9H2,1H3,(H,18,21)(H,19,20). The van der Waals surface area contributed by atoms with Crippen molar-refractivity contribution >= 4 is 27.8 Å². The summed E-state index contributed by atoms with van der Waals surface area (Å²) in [5.74, 6) is -1.08. The van der Waals surface area contributed by atoms with E-state index < -0.39 is 12.0 Å². The molecule has 112 valence electrons. The highest BCUT2D eigenvalue weighted by Gasteiger charge is 2.23. The molecule has 21 heavy (non-hydrogen) atoms. The van der Waals surface area contributed by atoms with Crippen LogP contribution in [0.25, 0.3) is 0 Å². The van der Waals surface area contributed by atoms with Gasteiger partial charge < -0.3 is 10.4 Å². The van der Waals surface area contributed by atoms with E-state index in [0.29, 0.717) is 0 Å². The molecular formula is C16H18BrNO3. The summed E-state index contributed by atoms with van der Waals surface area (Å²) < 4.78 is 0.862. The molecule has 0 radical (unpaired) electrons. The van der Waals surface area contributed by atoms with Gasteiger partial charge >= 0.3 is 5.97 Å². The predicted octanol–water partition coefficient (Wildman–Crippen LogP) is 3.58. The maximum Gasteiger partial charge on any atom is 0.305 e. The molecule has 1 unspecified atom stereocenters. The summed E-state index contributed by atoms with van der Waals surface area (Å²) in [6.45, 7) is 1.97. The second kappa shape index (κ2) is 6.89. The molecular weight excluding hydrogens is 334 g/mol. The number of hydrogen-bond acceptors (Lipinski definition) is 2. The van der Waals surface area contributed by atoms with Gasteiger partial charge in [-0.15, -0.1) is 0 Å². The molecule has 1 amide bonds. The van der Waals surface area contributed by atoms with Crippen LogP contribution in [-0.4, -0.2) is 17.0 Å². The van der Waals surface area contributed by atoms with Crippen LogP contribution in [0.15, 0.2) is 39.9 Å². The summed E-state index contributed by atoms with van der Waals surface area (Å²) in [6, 6.07) is 6.85. The molecule has 1 atom stereocenters. The van der Waals surface area contributed by atoms with E-state index in [1.807, 2.05) is 31.2 Å². The number of carboxylic acids is 1. The average Bonchev–Trinajstić information content (AvgIpc) is 2.83. The van der Waals surface area contributed by atoms with E-state index in [4.69, 9.17) is 5.11 Å². The highest BCUT2D eigenvalue weighted by molar-refractivity contribution is 9.10. The van der Waals surface area contributed by atoms with E-state index in [0.717, 1.165) is 40.4 Å². The molecule has 2 rings (SSSR count). The second-order valence-corrected chi connectivity index (χ2v) is 6.21. The Bertz CT molecular complexity index is 595. The van der Waals surface area contributed by atoms with Gasteiger partial charge in [-0.05, 0) is 43.9 Å². The van der Waals surface area contributed by atoms with Crippen LogP contribution in [0.3, 0.4) is 0 Å². The number of carbonyl (C=O) groups is 2. The van der Waals surface area contributed by atoms with Crippen LogP contribution >= 0.6 is 15.9 Å². The van der Waals surface area contributed by atoms with Crippen LogP contribution in [0, 0.1) is 0 Å². The topological polar surface area (TPSA) is 66.4 Å². The Morgan fingerprint density at radius 1 is 1.38 bits per heavy atom. The largest absolute Gasteiger partial charge is 0.481 e. The number of halogens is 1. The highest BCUT2D eigenvalue weighted by atomic mass is 79.9. The van der Waals surface area contributed by atoms with E-state index in [-0.39, 0.29) is 12.3 Å². The number of amides is 1. The fraction of sp³-hybridized carbons (Fsp3) is 0.375. The summed E-state index contributed by atoms with van der Waals surface area (Å²) in [6.07, 6.45) is 2.59. The van der Waals surface area contributed by atoms with Crippen molar-refractivity contribution in [2.45, 2.75) is 38.6 Å². The molecule has 5 heteroatoms. The number of nitrogens with one attached hydrogen (secondary N) is 1. The molecule has 0 saturated heterocycles. The van der Waals surface area contributed by atoms with Crippen LogP contribution in [0.1, 0.15) is 44.2 Å². The molecule has 0 spiro atoms. The monoisotopic (exact) mass is 351 g/mol.